The molecule has 3 aromatic rings. The Balaban J connectivity index is 1.49. The lowest BCUT2D eigenvalue weighted by Gasteiger charge is -2.25. The summed E-state index contributed by atoms with van der Waals surface area (Å²) in [6, 6.07) is 13.3. The third kappa shape index (κ3) is 5.10. The van der Waals surface area contributed by atoms with E-state index >= 15 is 0 Å². The molecule has 0 atom stereocenters. The lowest BCUT2D eigenvalue weighted by Crippen LogP contribution is -2.17. The van der Waals surface area contributed by atoms with Gasteiger partial charge in [0.25, 0.3) is 0 Å². The molecule has 0 N–H and O–H groups in total. The normalized spacial score (nSPS) is 15.6. The van der Waals surface area contributed by atoms with Gasteiger partial charge in [0, 0.05) is 23.1 Å². The van der Waals surface area contributed by atoms with Gasteiger partial charge >= 0.3 is 0 Å². The van der Waals surface area contributed by atoms with Crippen molar-refractivity contribution < 1.29 is 8.42 Å². The molecule has 5 nitrogen and oxygen atoms in total. The van der Waals surface area contributed by atoms with E-state index in [1.54, 1.807) is 35.6 Å². The molecule has 4 rings (SSSR count). The molecule has 0 saturated heterocycles. The third-order valence-corrected chi connectivity index (χ3v) is 9.08. The topological polar surface area (TPSA) is 64.8 Å². The smallest absolute Gasteiger partial charge is 0.191 e. The van der Waals surface area contributed by atoms with Gasteiger partial charge in [0.05, 0.1) is 10.6 Å². The number of thiophene rings is 1. The molecule has 1 saturated carbocycles. The summed E-state index contributed by atoms with van der Waals surface area (Å²) in [7, 11) is -3.28. The van der Waals surface area contributed by atoms with Crippen molar-refractivity contribution in [2.24, 2.45) is 0 Å². The molecule has 1 aliphatic rings. The highest BCUT2D eigenvalue weighted by atomic mass is 32.2. The minimum atomic E-state index is -3.28. The largest absolute Gasteiger partial charge is 0.303 e. The lowest BCUT2D eigenvalue weighted by atomic mass is 9.95. The molecule has 0 aliphatic heterocycles. The first kappa shape index (κ1) is 20.6. The maximum absolute atomic E-state index is 12.6. The molecular formula is C21H25N3O2S3. The Morgan fingerprint density at radius 2 is 1.83 bits per heavy atom. The van der Waals surface area contributed by atoms with Crippen molar-refractivity contribution in [3.63, 3.8) is 0 Å². The van der Waals surface area contributed by atoms with Gasteiger partial charge in [-0.3, -0.25) is 0 Å². The number of nitrogens with zero attached hydrogens (tertiary/aromatic N) is 3. The summed E-state index contributed by atoms with van der Waals surface area (Å²) in [6.07, 6.45) is 6.82. The van der Waals surface area contributed by atoms with E-state index in [2.05, 4.69) is 32.3 Å². The molecule has 1 aliphatic carbocycles. The molecule has 1 aromatic carbocycles. The number of thioether (sulfide) groups is 1. The van der Waals surface area contributed by atoms with E-state index in [4.69, 9.17) is 0 Å². The van der Waals surface area contributed by atoms with Crippen LogP contribution in [0.2, 0.25) is 0 Å². The van der Waals surface area contributed by atoms with Gasteiger partial charge in [-0.2, -0.15) is 0 Å². The van der Waals surface area contributed by atoms with Crippen LogP contribution >= 0.6 is 23.1 Å². The molecule has 29 heavy (non-hydrogen) atoms. The van der Waals surface area contributed by atoms with Gasteiger partial charge in [-0.15, -0.1) is 21.5 Å². The van der Waals surface area contributed by atoms with Crippen LogP contribution in [0.5, 0.6) is 0 Å². The van der Waals surface area contributed by atoms with E-state index in [0.29, 0.717) is 16.7 Å². The molecule has 0 unspecified atom stereocenters. The van der Waals surface area contributed by atoms with Crippen molar-refractivity contribution in [3.05, 3.63) is 58.5 Å². The van der Waals surface area contributed by atoms with Gasteiger partial charge in [0.1, 0.15) is 5.82 Å². The zero-order chi connectivity index (χ0) is 20.1. The van der Waals surface area contributed by atoms with E-state index in [1.165, 1.54) is 35.9 Å². The van der Waals surface area contributed by atoms with Crippen LogP contribution in [0.3, 0.4) is 0 Å². The number of aromatic nitrogens is 3. The van der Waals surface area contributed by atoms with Crippen molar-refractivity contribution in [2.45, 2.75) is 54.6 Å². The van der Waals surface area contributed by atoms with Gasteiger partial charge in [-0.1, -0.05) is 55.3 Å². The van der Waals surface area contributed by atoms with Crippen LogP contribution < -0.4 is 0 Å². The summed E-state index contributed by atoms with van der Waals surface area (Å²) in [6.45, 7) is 0. The first-order valence-corrected chi connectivity index (χ1v) is 13.5. The Kier molecular flexibility index (Phi) is 6.72. The Hall–Kier alpha value is -1.64. The van der Waals surface area contributed by atoms with Crippen LogP contribution in [0.4, 0.5) is 0 Å². The summed E-state index contributed by atoms with van der Waals surface area (Å²) >= 11 is 3.24. The zero-order valence-corrected chi connectivity index (χ0v) is 18.7. The summed E-state index contributed by atoms with van der Waals surface area (Å²) in [5.41, 5.74) is 0. The Bertz CT molecular complexity index is 1010. The van der Waals surface area contributed by atoms with Crippen molar-refractivity contribution in [1.82, 2.24) is 14.8 Å². The van der Waals surface area contributed by atoms with Gasteiger partial charge in [0.2, 0.25) is 0 Å². The lowest BCUT2D eigenvalue weighted by molar-refractivity contribution is 0.330. The molecule has 0 bridgehead atoms. The minimum Gasteiger partial charge on any atom is -0.303 e. The SMILES string of the molecule is O=S(=O)(CCSc1nnc(Cc2cccs2)n1C1CCCCC1)c1ccccc1. The molecule has 0 radical (unpaired) electrons. The fraction of sp³-hybridized carbons (Fsp3) is 0.429. The molecular weight excluding hydrogens is 422 g/mol. The quantitative estimate of drug-likeness (QED) is 0.455. The van der Waals surface area contributed by atoms with Crippen molar-refractivity contribution in [3.8, 4) is 0 Å². The van der Waals surface area contributed by atoms with Crippen molar-refractivity contribution in [2.75, 3.05) is 11.5 Å². The number of hydrogen-bond donors (Lipinski definition) is 0. The third-order valence-electron chi connectivity index (χ3n) is 5.27. The van der Waals surface area contributed by atoms with E-state index in [9.17, 15) is 8.42 Å². The van der Waals surface area contributed by atoms with Crippen LogP contribution in [0.25, 0.3) is 0 Å². The molecule has 2 heterocycles. The monoisotopic (exact) mass is 447 g/mol. The molecule has 1 fully saturated rings. The second-order valence-electron chi connectivity index (χ2n) is 7.30. The molecule has 0 amide bonds. The Morgan fingerprint density at radius 3 is 2.55 bits per heavy atom. The van der Waals surface area contributed by atoms with E-state index in [0.717, 1.165) is 30.2 Å². The van der Waals surface area contributed by atoms with Crippen LogP contribution in [-0.2, 0) is 16.3 Å². The number of hydrogen-bond acceptors (Lipinski definition) is 6. The minimum absolute atomic E-state index is 0.0967. The number of sulfone groups is 1. The number of rotatable bonds is 8. The molecule has 8 heteroatoms. The predicted molar refractivity (Wildman–Crippen MR) is 118 cm³/mol. The molecule has 2 aromatic heterocycles. The standard InChI is InChI=1S/C21H25N3O2S3/c25-29(26,19-11-5-2-6-12-19)15-14-28-21-23-22-20(16-18-10-7-13-27-18)24(21)17-8-3-1-4-9-17/h2,5-7,10-13,17H,1,3-4,8-9,14-16H2. The Morgan fingerprint density at radius 1 is 1.03 bits per heavy atom. The summed E-state index contributed by atoms with van der Waals surface area (Å²) < 4.78 is 27.4. The zero-order valence-electron chi connectivity index (χ0n) is 16.2. The molecule has 154 valence electrons. The summed E-state index contributed by atoms with van der Waals surface area (Å²) in [5.74, 6) is 1.56. The maximum atomic E-state index is 12.6. The van der Waals surface area contributed by atoms with E-state index in [-0.39, 0.29) is 5.75 Å². The van der Waals surface area contributed by atoms with E-state index in [1.807, 2.05) is 6.07 Å². The summed E-state index contributed by atoms with van der Waals surface area (Å²) in [4.78, 5) is 1.66. The fourth-order valence-corrected chi connectivity index (χ4v) is 7.18. The van der Waals surface area contributed by atoms with Crippen LogP contribution in [0.15, 0.2) is 57.9 Å². The average Bonchev–Trinajstić information content (AvgIpc) is 3.40. The van der Waals surface area contributed by atoms with Gasteiger partial charge in [0.15, 0.2) is 15.0 Å². The highest BCUT2D eigenvalue weighted by molar-refractivity contribution is 8.00. The van der Waals surface area contributed by atoms with Gasteiger partial charge in [-0.05, 0) is 36.4 Å². The molecule has 0 spiro atoms. The second kappa shape index (κ2) is 9.45. The Labute approximate surface area is 180 Å². The highest BCUT2D eigenvalue weighted by Gasteiger charge is 2.24. The van der Waals surface area contributed by atoms with E-state index < -0.39 is 9.84 Å². The maximum Gasteiger partial charge on any atom is 0.191 e. The van der Waals surface area contributed by atoms with Crippen molar-refractivity contribution in [1.29, 1.82) is 0 Å². The van der Waals surface area contributed by atoms with Gasteiger partial charge < -0.3 is 4.57 Å². The highest BCUT2D eigenvalue weighted by Crippen LogP contribution is 2.33. The summed E-state index contributed by atoms with van der Waals surface area (Å²) in [5, 5.41) is 11.9. The van der Waals surface area contributed by atoms with Gasteiger partial charge in [-0.25, -0.2) is 8.42 Å². The van der Waals surface area contributed by atoms with Crippen molar-refractivity contribution >= 4 is 32.9 Å². The fourth-order valence-electron chi connectivity index (χ4n) is 3.79. The predicted octanol–water partition coefficient (Wildman–Crippen LogP) is 5.00. The number of benzene rings is 1. The first-order chi connectivity index (χ1) is 14.1. The van der Waals surface area contributed by atoms with Crippen LogP contribution in [0, 0.1) is 0 Å². The average molecular weight is 448 g/mol. The second-order valence-corrected chi connectivity index (χ2v) is 11.5. The first-order valence-electron chi connectivity index (χ1n) is 10.0. The van der Waals surface area contributed by atoms with Crippen LogP contribution in [0.1, 0.15) is 48.8 Å². The van der Waals surface area contributed by atoms with Crippen LogP contribution in [-0.4, -0.2) is 34.7 Å².